The first-order valence-corrected chi connectivity index (χ1v) is 6.23. The summed E-state index contributed by atoms with van der Waals surface area (Å²) in [6.07, 6.45) is 1.47. The molecule has 0 saturated heterocycles. The van der Waals surface area contributed by atoms with Crippen LogP contribution in [0.15, 0.2) is 22.7 Å². The number of rotatable bonds is 5. The van der Waals surface area contributed by atoms with Crippen molar-refractivity contribution < 1.29 is 9.13 Å². The average Bonchev–Trinajstić information content (AvgIpc) is 2.27. The standard InChI is InChI=1S/C13H15BrFNO/c1-13(2,9-16)6-3-7-17-12-5-4-10(14)8-11(12)15/h4-5,8H,3,6-7H2,1-2H3. The molecule has 0 unspecified atom stereocenters. The first-order chi connectivity index (χ1) is 7.94. The molecule has 0 aliphatic carbocycles. The molecule has 1 aromatic rings. The number of nitriles is 1. The topological polar surface area (TPSA) is 33.0 Å². The molecule has 0 N–H and O–H groups in total. The van der Waals surface area contributed by atoms with Crippen LogP contribution in [0.2, 0.25) is 0 Å². The Bertz CT molecular complexity index is 426. The molecule has 0 radical (unpaired) electrons. The van der Waals surface area contributed by atoms with Crippen molar-refractivity contribution in [3.05, 3.63) is 28.5 Å². The first kappa shape index (κ1) is 14.0. The fourth-order valence-corrected chi connectivity index (χ4v) is 1.68. The van der Waals surface area contributed by atoms with E-state index in [1.807, 2.05) is 13.8 Å². The normalized spacial score (nSPS) is 11.0. The average molecular weight is 300 g/mol. The highest BCUT2D eigenvalue weighted by Crippen LogP contribution is 2.23. The molecule has 1 aromatic carbocycles. The van der Waals surface area contributed by atoms with Crippen LogP contribution in [0.4, 0.5) is 4.39 Å². The van der Waals surface area contributed by atoms with Gasteiger partial charge in [0.1, 0.15) is 0 Å². The smallest absolute Gasteiger partial charge is 0.166 e. The molecular weight excluding hydrogens is 285 g/mol. The summed E-state index contributed by atoms with van der Waals surface area (Å²) in [6, 6.07) is 6.92. The van der Waals surface area contributed by atoms with Crippen LogP contribution in [-0.4, -0.2) is 6.61 Å². The van der Waals surface area contributed by atoms with E-state index in [2.05, 4.69) is 22.0 Å². The fraction of sp³-hybridized carbons (Fsp3) is 0.462. The predicted octanol–water partition coefficient (Wildman–Crippen LogP) is 4.30. The van der Waals surface area contributed by atoms with Gasteiger partial charge in [-0.05, 0) is 44.9 Å². The van der Waals surface area contributed by atoms with Crippen molar-refractivity contribution in [1.82, 2.24) is 0 Å². The van der Waals surface area contributed by atoms with Crippen LogP contribution in [0.1, 0.15) is 26.7 Å². The Hall–Kier alpha value is -1.08. The predicted molar refractivity (Wildman–Crippen MR) is 68.2 cm³/mol. The van der Waals surface area contributed by atoms with Gasteiger partial charge in [0.15, 0.2) is 11.6 Å². The molecule has 2 nitrogen and oxygen atoms in total. The lowest BCUT2D eigenvalue weighted by Crippen LogP contribution is -2.10. The van der Waals surface area contributed by atoms with Gasteiger partial charge in [-0.3, -0.25) is 0 Å². The van der Waals surface area contributed by atoms with Crippen molar-refractivity contribution in [2.75, 3.05) is 6.61 Å². The zero-order valence-corrected chi connectivity index (χ0v) is 11.6. The van der Waals surface area contributed by atoms with Gasteiger partial charge in [-0.15, -0.1) is 0 Å². The van der Waals surface area contributed by atoms with Crippen LogP contribution >= 0.6 is 15.9 Å². The van der Waals surface area contributed by atoms with Gasteiger partial charge in [0.25, 0.3) is 0 Å². The van der Waals surface area contributed by atoms with Crippen molar-refractivity contribution >= 4 is 15.9 Å². The van der Waals surface area contributed by atoms with E-state index in [4.69, 9.17) is 10.00 Å². The lowest BCUT2D eigenvalue weighted by molar-refractivity contribution is 0.273. The van der Waals surface area contributed by atoms with Crippen LogP contribution < -0.4 is 4.74 Å². The SMILES string of the molecule is CC(C)(C#N)CCCOc1ccc(Br)cc1F. The summed E-state index contributed by atoms with van der Waals surface area (Å²) in [5.74, 6) is -0.123. The molecule has 0 atom stereocenters. The Labute approximate surface area is 110 Å². The molecule has 0 heterocycles. The molecule has 0 fully saturated rings. The van der Waals surface area contributed by atoms with E-state index in [1.54, 1.807) is 12.1 Å². The summed E-state index contributed by atoms with van der Waals surface area (Å²) in [4.78, 5) is 0. The third-order valence-corrected chi connectivity index (χ3v) is 2.89. The van der Waals surface area contributed by atoms with Gasteiger partial charge in [0.2, 0.25) is 0 Å². The number of halogens is 2. The summed E-state index contributed by atoms with van der Waals surface area (Å²) < 4.78 is 19.4. The molecule has 0 aliphatic heterocycles. The second kappa shape index (κ2) is 6.02. The largest absolute Gasteiger partial charge is 0.491 e. The van der Waals surface area contributed by atoms with Crippen molar-refractivity contribution in [3.8, 4) is 11.8 Å². The van der Waals surface area contributed by atoms with E-state index in [0.717, 1.165) is 12.8 Å². The van der Waals surface area contributed by atoms with Crippen molar-refractivity contribution in [1.29, 1.82) is 5.26 Å². The maximum Gasteiger partial charge on any atom is 0.166 e. The highest BCUT2D eigenvalue weighted by molar-refractivity contribution is 9.10. The molecule has 0 aromatic heterocycles. The number of benzene rings is 1. The van der Waals surface area contributed by atoms with Crippen LogP contribution in [0.5, 0.6) is 5.75 Å². The third kappa shape index (κ3) is 4.74. The zero-order valence-electron chi connectivity index (χ0n) is 9.96. The monoisotopic (exact) mass is 299 g/mol. The second-order valence-electron chi connectivity index (χ2n) is 4.52. The summed E-state index contributed by atoms with van der Waals surface area (Å²) in [5.41, 5.74) is -0.346. The Kier molecular flexibility index (Phi) is 4.95. The number of hydrogen-bond acceptors (Lipinski definition) is 2. The maximum absolute atomic E-state index is 13.4. The van der Waals surface area contributed by atoms with Gasteiger partial charge in [-0.1, -0.05) is 15.9 Å². The molecule has 0 bridgehead atoms. The zero-order chi connectivity index (χ0) is 12.9. The van der Waals surface area contributed by atoms with E-state index in [0.29, 0.717) is 11.1 Å². The molecule has 17 heavy (non-hydrogen) atoms. The van der Waals surface area contributed by atoms with Crippen molar-refractivity contribution in [2.24, 2.45) is 5.41 Å². The van der Waals surface area contributed by atoms with Gasteiger partial charge in [-0.25, -0.2) is 4.39 Å². The highest BCUT2D eigenvalue weighted by Gasteiger charge is 2.15. The van der Waals surface area contributed by atoms with Crippen LogP contribution in [0.3, 0.4) is 0 Å². The summed E-state index contributed by atoms with van der Waals surface area (Å²) in [7, 11) is 0. The quantitative estimate of drug-likeness (QED) is 0.760. The lowest BCUT2D eigenvalue weighted by atomic mass is 9.90. The molecule has 0 aliphatic rings. The van der Waals surface area contributed by atoms with Crippen LogP contribution in [0.25, 0.3) is 0 Å². The third-order valence-electron chi connectivity index (χ3n) is 2.40. The van der Waals surface area contributed by atoms with Gasteiger partial charge in [0, 0.05) is 4.47 Å². The Morgan fingerprint density at radius 3 is 2.76 bits per heavy atom. The molecular formula is C13H15BrFNO. The van der Waals surface area contributed by atoms with Crippen LogP contribution in [-0.2, 0) is 0 Å². The fourth-order valence-electron chi connectivity index (χ4n) is 1.34. The number of hydrogen-bond donors (Lipinski definition) is 0. The second-order valence-corrected chi connectivity index (χ2v) is 5.44. The highest BCUT2D eigenvalue weighted by atomic mass is 79.9. The number of nitrogens with zero attached hydrogens (tertiary/aromatic N) is 1. The van der Waals surface area contributed by atoms with Gasteiger partial charge >= 0.3 is 0 Å². The van der Waals surface area contributed by atoms with Crippen molar-refractivity contribution in [2.45, 2.75) is 26.7 Å². The Morgan fingerprint density at radius 1 is 1.47 bits per heavy atom. The van der Waals surface area contributed by atoms with E-state index >= 15 is 0 Å². The molecule has 0 spiro atoms. The van der Waals surface area contributed by atoms with Gasteiger partial charge in [0.05, 0.1) is 18.1 Å². The molecule has 1 rings (SSSR count). The summed E-state index contributed by atoms with van der Waals surface area (Å²) in [6.45, 7) is 4.18. The van der Waals surface area contributed by atoms with Gasteiger partial charge in [-0.2, -0.15) is 5.26 Å². The van der Waals surface area contributed by atoms with Crippen molar-refractivity contribution in [3.63, 3.8) is 0 Å². The molecule has 92 valence electrons. The molecule has 0 saturated carbocycles. The van der Waals surface area contributed by atoms with Crippen LogP contribution in [0, 0.1) is 22.6 Å². The Balaban J connectivity index is 2.39. The minimum atomic E-state index is -0.376. The van der Waals surface area contributed by atoms with E-state index in [1.165, 1.54) is 6.07 Å². The summed E-state index contributed by atoms with van der Waals surface area (Å²) in [5, 5.41) is 8.83. The molecule has 4 heteroatoms. The van der Waals surface area contributed by atoms with E-state index in [9.17, 15) is 4.39 Å². The minimum absolute atomic E-state index is 0.253. The number of ether oxygens (including phenoxy) is 1. The van der Waals surface area contributed by atoms with E-state index in [-0.39, 0.29) is 17.0 Å². The van der Waals surface area contributed by atoms with Gasteiger partial charge < -0.3 is 4.74 Å². The maximum atomic E-state index is 13.4. The summed E-state index contributed by atoms with van der Waals surface area (Å²) >= 11 is 3.18. The lowest BCUT2D eigenvalue weighted by Gasteiger charge is -2.14. The Morgan fingerprint density at radius 2 is 2.18 bits per heavy atom. The van der Waals surface area contributed by atoms with E-state index < -0.39 is 0 Å². The minimum Gasteiger partial charge on any atom is -0.491 e. The molecule has 0 amide bonds. The first-order valence-electron chi connectivity index (χ1n) is 5.44.